The number of urea groups is 1. The van der Waals surface area contributed by atoms with E-state index in [1.807, 2.05) is 25.1 Å². The van der Waals surface area contributed by atoms with E-state index in [-0.39, 0.29) is 17.9 Å². The fourth-order valence-electron chi connectivity index (χ4n) is 4.24. The monoisotopic (exact) mass is 385 g/mol. The van der Waals surface area contributed by atoms with E-state index in [4.69, 9.17) is 0 Å². The van der Waals surface area contributed by atoms with Gasteiger partial charge >= 0.3 is 6.03 Å². The van der Waals surface area contributed by atoms with Crippen molar-refractivity contribution in [2.45, 2.75) is 82.8 Å². The Morgan fingerprint density at radius 3 is 2.39 bits per heavy atom. The van der Waals surface area contributed by atoms with Crippen LogP contribution in [0.15, 0.2) is 30.3 Å². The van der Waals surface area contributed by atoms with E-state index in [0.717, 1.165) is 43.4 Å². The van der Waals surface area contributed by atoms with E-state index in [9.17, 15) is 14.4 Å². The molecule has 2 atom stereocenters. The van der Waals surface area contributed by atoms with Gasteiger partial charge in [0, 0.05) is 6.04 Å². The Hall–Kier alpha value is -2.37. The molecule has 2 aliphatic rings. The number of rotatable bonds is 6. The lowest BCUT2D eigenvalue weighted by atomic mass is 9.90. The molecule has 2 fully saturated rings. The first-order chi connectivity index (χ1) is 13.4. The molecule has 1 saturated heterocycles. The molecule has 1 spiro atoms. The minimum atomic E-state index is -0.811. The van der Waals surface area contributed by atoms with Crippen molar-refractivity contribution in [1.82, 2.24) is 15.5 Å². The first-order valence-electron chi connectivity index (χ1n) is 10.4. The zero-order valence-electron chi connectivity index (χ0n) is 16.9. The molecule has 1 aromatic rings. The number of hydrogen-bond donors (Lipinski definition) is 2. The van der Waals surface area contributed by atoms with Crippen LogP contribution < -0.4 is 10.6 Å². The molecule has 2 unspecified atom stereocenters. The lowest BCUT2D eigenvalue weighted by molar-refractivity contribution is -0.138. The van der Waals surface area contributed by atoms with Gasteiger partial charge in [0.2, 0.25) is 5.91 Å². The summed E-state index contributed by atoms with van der Waals surface area (Å²) in [6, 6.07) is 8.83. The minimum absolute atomic E-state index is 0.0391. The zero-order valence-corrected chi connectivity index (χ0v) is 16.9. The van der Waals surface area contributed by atoms with E-state index in [1.54, 1.807) is 6.92 Å². The van der Waals surface area contributed by atoms with Gasteiger partial charge < -0.3 is 10.6 Å². The van der Waals surface area contributed by atoms with Crippen molar-refractivity contribution >= 4 is 17.8 Å². The Kier molecular flexibility index (Phi) is 6.37. The third-order valence-corrected chi connectivity index (χ3v) is 6.01. The molecule has 152 valence electrons. The number of amides is 4. The van der Waals surface area contributed by atoms with Gasteiger partial charge in [0.1, 0.15) is 11.6 Å². The summed E-state index contributed by atoms with van der Waals surface area (Å²) in [6.07, 6.45) is 7.01. The molecule has 1 saturated carbocycles. The Balaban J connectivity index is 1.57. The normalized spacial score (nSPS) is 21.1. The molecular weight excluding hydrogens is 354 g/mol. The molecule has 0 aromatic heterocycles. The van der Waals surface area contributed by atoms with Crippen LogP contribution in [0.1, 0.15) is 64.4 Å². The summed E-state index contributed by atoms with van der Waals surface area (Å²) < 4.78 is 0. The molecular formula is C22H31N3O3. The minimum Gasteiger partial charge on any atom is -0.352 e. The van der Waals surface area contributed by atoms with Gasteiger partial charge in [-0.1, -0.05) is 56.0 Å². The highest BCUT2D eigenvalue weighted by Gasteiger charge is 2.53. The number of carbonyl (C=O) groups is 3. The van der Waals surface area contributed by atoms with E-state index in [0.29, 0.717) is 12.8 Å². The van der Waals surface area contributed by atoms with E-state index in [1.165, 1.54) is 5.56 Å². The van der Waals surface area contributed by atoms with Gasteiger partial charge in [0.15, 0.2) is 0 Å². The molecule has 3 rings (SSSR count). The second-order valence-electron chi connectivity index (χ2n) is 8.21. The summed E-state index contributed by atoms with van der Waals surface area (Å²) in [7, 11) is 0. The number of imide groups is 1. The molecule has 28 heavy (non-hydrogen) atoms. The van der Waals surface area contributed by atoms with Crippen molar-refractivity contribution in [3.8, 4) is 0 Å². The van der Waals surface area contributed by atoms with E-state index in [2.05, 4.69) is 22.8 Å². The highest BCUT2D eigenvalue weighted by molar-refractivity contribution is 6.09. The van der Waals surface area contributed by atoms with Crippen LogP contribution >= 0.6 is 0 Å². The van der Waals surface area contributed by atoms with Crippen LogP contribution in [0.4, 0.5) is 4.79 Å². The summed E-state index contributed by atoms with van der Waals surface area (Å²) >= 11 is 0. The van der Waals surface area contributed by atoms with Crippen LogP contribution in [0.25, 0.3) is 0 Å². The van der Waals surface area contributed by atoms with Crippen molar-refractivity contribution < 1.29 is 14.4 Å². The standard InChI is InChI=1S/C22H31N3O3/c1-16(12-13-18-10-6-5-7-11-18)23-19(26)17(2)25-20(27)22(24-21(25)28)14-8-3-4-9-15-22/h5-7,10-11,16-17H,3-4,8-9,12-15H2,1-2H3,(H,23,26)(H,24,28). The van der Waals surface area contributed by atoms with Gasteiger partial charge in [-0.25, -0.2) is 9.69 Å². The van der Waals surface area contributed by atoms with Crippen molar-refractivity contribution in [2.24, 2.45) is 0 Å². The molecule has 6 nitrogen and oxygen atoms in total. The van der Waals surface area contributed by atoms with Gasteiger partial charge in [-0.15, -0.1) is 0 Å². The van der Waals surface area contributed by atoms with Crippen LogP contribution in [0.3, 0.4) is 0 Å². The number of nitrogens with zero attached hydrogens (tertiary/aromatic N) is 1. The summed E-state index contributed by atoms with van der Waals surface area (Å²) in [5.74, 6) is -0.520. The fraction of sp³-hybridized carbons (Fsp3) is 0.591. The highest BCUT2D eigenvalue weighted by Crippen LogP contribution is 2.33. The van der Waals surface area contributed by atoms with E-state index < -0.39 is 17.6 Å². The number of carbonyl (C=O) groups excluding carboxylic acids is 3. The highest BCUT2D eigenvalue weighted by atomic mass is 16.2. The summed E-state index contributed by atoms with van der Waals surface area (Å²) in [5.41, 5.74) is 0.419. The molecule has 1 aliphatic heterocycles. The van der Waals surface area contributed by atoms with Crippen molar-refractivity contribution in [2.75, 3.05) is 0 Å². The fourth-order valence-corrected chi connectivity index (χ4v) is 4.24. The molecule has 0 radical (unpaired) electrons. The number of aryl methyl sites for hydroxylation is 1. The first kappa shape index (κ1) is 20.4. The van der Waals surface area contributed by atoms with E-state index >= 15 is 0 Å². The summed E-state index contributed by atoms with van der Waals surface area (Å²) in [4.78, 5) is 39.4. The van der Waals surface area contributed by atoms with Gasteiger partial charge in [-0.05, 0) is 45.1 Å². The van der Waals surface area contributed by atoms with Crippen molar-refractivity contribution in [3.05, 3.63) is 35.9 Å². The quantitative estimate of drug-likeness (QED) is 0.739. The van der Waals surface area contributed by atoms with Gasteiger partial charge in [0.25, 0.3) is 5.91 Å². The molecule has 1 aromatic carbocycles. The maximum atomic E-state index is 13.1. The van der Waals surface area contributed by atoms with Crippen LogP contribution in [0, 0.1) is 0 Å². The predicted molar refractivity (Wildman–Crippen MR) is 108 cm³/mol. The molecule has 2 N–H and O–H groups in total. The summed E-state index contributed by atoms with van der Waals surface area (Å²) in [5, 5.41) is 5.86. The molecule has 6 heteroatoms. The molecule has 1 aliphatic carbocycles. The van der Waals surface area contributed by atoms with Gasteiger partial charge in [-0.2, -0.15) is 0 Å². The lowest BCUT2D eigenvalue weighted by Crippen LogP contribution is -2.51. The topological polar surface area (TPSA) is 78.5 Å². The molecule has 1 heterocycles. The Labute approximate surface area is 167 Å². The Morgan fingerprint density at radius 2 is 1.75 bits per heavy atom. The second-order valence-corrected chi connectivity index (χ2v) is 8.21. The van der Waals surface area contributed by atoms with Crippen LogP contribution in [0.2, 0.25) is 0 Å². The Bertz CT molecular complexity index is 711. The smallest absolute Gasteiger partial charge is 0.325 e. The van der Waals surface area contributed by atoms with Gasteiger partial charge in [-0.3, -0.25) is 9.59 Å². The number of nitrogens with one attached hydrogen (secondary N) is 2. The average Bonchev–Trinajstić information content (AvgIpc) is 2.83. The largest absolute Gasteiger partial charge is 0.352 e. The predicted octanol–water partition coefficient (Wildman–Crippen LogP) is 3.16. The van der Waals surface area contributed by atoms with Gasteiger partial charge in [0.05, 0.1) is 0 Å². The second kappa shape index (κ2) is 8.76. The van der Waals surface area contributed by atoms with Crippen LogP contribution in [0.5, 0.6) is 0 Å². The zero-order chi connectivity index (χ0) is 20.1. The SMILES string of the molecule is CC(CCc1ccccc1)NC(=O)C(C)N1C(=O)NC2(CCCCCC2)C1=O. The van der Waals surface area contributed by atoms with Crippen LogP contribution in [-0.4, -0.2) is 40.4 Å². The van der Waals surface area contributed by atoms with Crippen LogP contribution in [-0.2, 0) is 16.0 Å². The Morgan fingerprint density at radius 1 is 1.11 bits per heavy atom. The van der Waals surface area contributed by atoms with Crippen molar-refractivity contribution in [3.63, 3.8) is 0 Å². The summed E-state index contributed by atoms with van der Waals surface area (Å²) in [6.45, 7) is 3.58. The molecule has 4 amide bonds. The third-order valence-electron chi connectivity index (χ3n) is 6.01. The maximum Gasteiger partial charge on any atom is 0.325 e. The number of hydrogen-bond acceptors (Lipinski definition) is 3. The lowest BCUT2D eigenvalue weighted by Gasteiger charge is -2.27. The van der Waals surface area contributed by atoms with Crippen molar-refractivity contribution in [1.29, 1.82) is 0 Å². The first-order valence-corrected chi connectivity index (χ1v) is 10.4. The number of benzene rings is 1. The maximum absolute atomic E-state index is 13.1. The third kappa shape index (κ3) is 4.37. The molecule has 0 bridgehead atoms. The average molecular weight is 386 g/mol.